The maximum absolute atomic E-state index is 13.6. The average molecular weight is 259 g/mol. The normalized spacial score (nSPS) is 29.5. The summed E-state index contributed by atoms with van der Waals surface area (Å²) in [5, 5.41) is 0. The number of aromatic nitrogens is 2. The zero-order chi connectivity index (χ0) is 13.1. The molecule has 2 fully saturated rings. The van der Waals surface area contributed by atoms with Crippen LogP contribution in [0.5, 0.6) is 0 Å². The van der Waals surface area contributed by atoms with E-state index in [2.05, 4.69) is 9.55 Å². The van der Waals surface area contributed by atoms with E-state index >= 15 is 0 Å². The van der Waals surface area contributed by atoms with Crippen LogP contribution in [0.25, 0.3) is 11.0 Å². The van der Waals surface area contributed by atoms with Crippen LogP contribution in [0.15, 0.2) is 12.1 Å². The van der Waals surface area contributed by atoms with E-state index in [1.807, 2.05) is 6.07 Å². The Bertz CT molecular complexity index is 661. The number of imidazole rings is 1. The van der Waals surface area contributed by atoms with E-state index in [-0.39, 0.29) is 5.82 Å². The number of hydrogen-bond donors (Lipinski definition) is 1. The third kappa shape index (κ3) is 1.52. The van der Waals surface area contributed by atoms with Crippen molar-refractivity contribution in [3.05, 3.63) is 23.5 Å². The van der Waals surface area contributed by atoms with Gasteiger partial charge in [0.05, 0.1) is 11.0 Å². The Hall–Kier alpha value is -1.58. The lowest BCUT2D eigenvalue weighted by Crippen LogP contribution is -2.18. The fourth-order valence-electron chi connectivity index (χ4n) is 4.11. The lowest BCUT2D eigenvalue weighted by atomic mass is 9.95. The lowest BCUT2D eigenvalue weighted by Gasteiger charge is -2.24. The fraction of sp³-hybridized carbons (Fsp3) is 0.533. The van der Waals surface area contributed by atoms with Crippen molar-refractivity contribution in [3.8, 4) is 0 Å². The topological polar surface area (TPSA) is 43.8 Å². The third-order valence-corrected chi connectivity index (χ3v) is 5.03. The molecule has 2 aliphatic rings. The molecule has 1 aromatic heterocycles. The first kappa shape index (κ1) is 11.3. The third-order valence-electron chi connectivity index (χ3n) is 5.03. The Morgan fingerprint density at radius 1 is 1.32 bits per heavy atom. The summed E-state index contributed by atoms with van der Waals surface area (Å²) in [4.78, 5) is 4.34. The number of nitrogens with two attached hydrogens (primary N) is 1. The van der Waals surface area contributed by atoms with Crippen LogP contribution in [-0.4, -0.2) is 9.55 Å². The zero-order valence-corrected chi connectivity index (χ0v) is 11.1. The maximum atomic E-state index is 13.6. The van der Waals surface area contributed by atoms with Gasteiger partial charge in [0.15, 0.2) is 0 Å². The van der Waals surface area contributed by atoms with E-state index in [1.54, 1.807) is 6.92 Å². The van der Waals surface area contributed by atoms with Crippen molar-refractivity contribution in [2.75, 3.05) is 5.73 Å². The summed E-state index contributed by atoms with van der Waals surface area (Å²) < 4.78 is 15.8. The maximum Gasteiger partial charge on any atom is 0.201 e. The molecule has 2 bridgehead atoms. The highest BCUT2D eigenvalue weighted by molar-refractivity contribution is 5.79. The molecule has 0 amide bonds. The summed E-state index contributed by atoms with van der Waals surface area (Å²) in [7, 11) is 0. The zero-order valence-electron chi connectivity index (χ0n) is 11.1. The molecule has 0 saturated heterocycles. The van der Waals surface area contributed by atoms with Gasteiger partial charge >= 0.3 is 0 Å². The van der Waals surface area contributed by atoms with E-state index in [4.69, 9.17) is 5.73 Å². The monoisotopic (exact) mass is 259 g/mol. The molecular formula is C15H18FN3. The number of halogens is 1. The second-order valence-electron chi connectivity index (χ2n) is 6.17. The minimum Gasteiger partial charge on any atom is -0.369 e. The van der Waals surface area contributed by atoms with Gasteiger partial charge in [0.25, 0.3) is 0 Å². The summed E-state index contributed by atoms with van der Waals surface area (Å²) in [6.07, 6.45) is 5.19. The standard InChI is InChI=1S/C15H18FN3/c1-8-4-14-12(7-11(8)16)18-15(17)19(14)13-6-9-2-3-10(13)5-9/h4,7,9-10,13H,2-3,5-6H2,1H3,(H2,17,18). The number of hydrogen-bond acceptors (Lipinski definition) is 2. The van der Waals surface area contributed by atoms with Gasteiger partial charge in [0, 0.05) is 12.1 Å². The molecule has 3 nitrogen and oxygen atoms in total. The largest absolute Gasteiger partial charge is 0.369 e. The van der Waals surface area contributed by atoms with Crippen molar-refractivity contribution in [1.29, 1.82) is 0 Å². The minimum atomic E-state index is -0.204. The fourth-order valence-corrected chi connectivity index (χ4v) is 4.11. The Balaban J connectivity index is 1.89. The van der Waals surface area contributed by atoms with Crippen LogP contribution < -0.4 is 5.73 Å². The van der Waals surface area contributed by atoms with Gasteiger partial charge in [-0.3, -0.25) is 0 Å². The molecule has 2 aromatic rings. The van der Waals surface area contributed by atoms with Crippen LogP contribution in [-0.2, 0) is 0 Å². The van der Waals surface area contributed by atoms with E-state index in [1.165, 1.54) is 31.7 Å². The molecule has 0 aliphatic heterocycles. The molecule has 3 atom stereocenters. The Kier molecular flexibility index (Phi) is 2.20. The molecule has 3 unspecified atom stereocenters. The molecule has 2 N–H and O–H groups in total. The molecule has 19 heavy (non-hydrogen) atoms. The van der Waals surface area contributed by atoms with Crippen LogP contribution in [0, 0.1) is 24.6 Å². The van der Waals surface area contributed by atoms with Gasteiger partial charge in [-0.1, -0.05) is 6.42 Å². The average Bonchev–Trinajstić information content (AvgIpc) is 3.03. The Morgan fingerprint density at radius 3 is 2.84 bits per heavy atom. The van der Waals surface area contributed by atoms with Crippen molar-refractivity contribution in [2.45, 2.75) is 38.6 Å². The highest BCUT2D eigenvalue weighted by atomic mass is 19.1. The van der Waals surface area contributed by atoms with Crippen LogP contribution in [0.3, 0.4) is 0 Å². The molecule has 1 heterocycles. The number of nitrogens with zero attached hydrogens (tertiary/aromatic N) is 2. The minimum absolute atomic E-state index is 0.204. The molecule has 0 spiro atoms. The van der Waals surface area contributed by atoms with Crippen LogP contribution in [0.4, 0.5) is 10.3 Å². The smallest absolute Gasteiger partial charge is 0.201 e. The van der Waals surface area contributed by atoms with Gasteiger partial charge in [-0.15, -0.1) is 0 Å². The lowest BCUT2D eigenvalue weighted by molar-refractivity contribution is 0.339. The second-order valence-corrected chi connectivity index (χ2v) is 6.17. The molecule has 2 saturated carbocycles. The summed E-state index contributed by atoms with van der Waals surface area (Å²) in [6, 6.07) is 3.86. The van der Waals surface area contributed by atoms with Gasteiger partial charge in [-0.05, 0) is 49.7 Å². The van der Waals surface area contributed by atoms with E-state index in [9.17, 15) is 4.39 Å². The first-order valence-electron chi connectivity index (χ1n) is 7.07. The number of nitrogen functional groups attached to an aromatic ring is 1. The van der Waals surface area contributed by atoms with Crippen molar-refractivity contribution in [2.24, 2.45) is 11.8 Å². The molecule has 1 aromatic carbocycles. The number of aryl methyl sites for hydroxylation is 1. The van der Waals surface area contributed by atoms with Gasteiger partial charge in [0.2, 0.25) is 5.95 Å². The summed E-state index contributed by atoms with van der Waals surface area (Å²) in [6.45, 7) is 1.79. The van der Waals surface area contributed by atoms with Gasteiger partial charge < -0.3 is 10.3 Å². The predicted molar refractivity (Wildman–Crippen MR) is 73.3 cm³/mol. The van der Waals surface area contributed by atoms with Gasteiger partial charge in [-0.2, -0.15) is 0 Å². The second kappa shape index (κ2) is 3.71. The molecule has 4 heteroatoms. The number of anilines is 1. The molecule has 100 valence electrons. The summed E-state index contributed by atoms with van der Waals surface area (Å²) >= 11 is 0. The number of fused-ring (bicyclic) bond motifs is 3. The Labute approximate surface area is 111 Å². The highest BCUT2D eigenvalue weighted by Crippen LogP contribution is 2.52. The van der Waals surface area contributed by atoms with Gasteiger partial charge in [0.1, 0.15) is 5.82 Å². The number of benzene rings is 1. The molecule has 2 aliphatic carbocycles. The first-order valence-corrected chi connectivity index (χ1v) is 7.07. The van der Waals surface area contributed by atoms with Crippen molar-refractivity contribution in [1.82, 2.24) is 9.55 Å². The summed E-state index contributed by atoms with van der Waals surface area (Å²) in [5.41, 5.74) is 8.44. The summed E-state index contributed by atoms with van der Waals surface area (Å²) in [5.74, 6) is 1.92. The van der Waals surface area contributed by atoms with Gasteiger partial charge in [-0.25, -0.2) is 9.37 Å². The first-order chi connectivity index (χ1) is 9.13. The van der Waals surface area contributed by atoms with Crippen molar-refractivity contribution in [3.63, 3.8) is 0 Å². The van der Waals surface area contributed by atoms with Crippen molar-refractivity contribution >= 4 is 17.0 Å². The molecule has 4 rings (SSSR count). The quantitative estimate of drug-likeness (QED) is 0.852. The van der Waals surface area contributed by atoms with Crippen molar-refractivity contribution < 1.29 is 4.39 Å². The number of rotatable bonds is 1. The molecular weight excluding hydrogens is 241 g/mol. The highest BCUT2D eigenvalue weighted by Gasteiger charge is 2.41. The predicted octanol–water partition coefficient (Wildman–Crippen LogP) is 3.43. The van der Waals surface area contributed by atoms with Crippen LogP contribution in [0.1, 0.15) is 37.3 Å². The van der Waals surface area contributed by atoms with Crippen LogP contribution >= 0.6 is 0 Å². The van der Waals surface area contributed by atoms with Crippen LogP contribution in [0.2, 0.25) is 0 Å². The van der Waals surface area contributed by atoms with E-state index in [0.717, 1.165) is 17.4 Å². The van der Waals surface area contributed by atoms with E-state index < -0.39 is 0 Å². The Morgan fingerprint density at radius 2 is 2.16 bits per heavy atom. The molecule has 0 radical (unpaired) electrons. The van der Waals surface area contributed by atoms with E-state index in [0.29, 0.717) is 23.1 Å². The SMILES string of the molecule is Cc1cc2c(cc1F)nc(N)n2C1CC2CCC1C2.